The number of benzene rings is 1. The van der Waals surface area contributed by atoms with Crippen LogP contribution in [0.15, 0.2) is 39.2 Å². The fourth-order valence-electron chi connectivity index (χ4n) is 4.53. The number of piperidine rings is 1. The Morgan fingerprint density at radius 3 is 2.55 bits per heavy atom. The van der Waals surface area contributed by atoms with E-state index in [1.54, 1.807) is 11.7 Å². The van der Waals surface area contributed by atoms with Crippen molar-refractivity contribution in [3.8, 4) is 5.75 Å². The molecule has 0 saturated carbocycles. The Balaban J connectivity index is 1.87. The smallest absolute Gasteiger partial charge is 0.332 e. The van der Waals surface area contributed by atoms with Gasteiger partial charge in [-0.1, -0.05) is 18.2 Å². The molecule has 1 aliphatic heterocycles. The molecule has 1 aromatic carbocycles. The van der Waals surface area contributed by atoms with E-state index in [0.29, 0.717) is 16.8 Å². The summed E-state index contributed by atoms with van der Waals surface area (Å²) >= 11 is 1.43. The Morgan fingerprint density at radius 2 is 1.88 bits per heavy atom. The molecule has 0 aliphatic carbocycles. The predicted octanol–water partition coefficient (Wildman–Crippen LogP) is 3.81. The number of nitrogens with zero attached hydrogens (tertiary/aromatic N) is 2. The first-order chi connectivity index (χ1) is 15.7. The van der Waals surface area contributed by atoms with Crippen LogP contribution in [0, 0.1) is 6.92 Å². The number of thiophene rings is 1. The molecule has 2 aromatic heterocycles. The lowest BCUT2D eigenvalue weighted by Crippen LogP contribution is -2.48. The van der Waals surface area contributed by atoms with Crippen LogP contribution in [0.5, 0.6) is 5.75 Å². The van der Waals surface area contributed by atoms with Gasteiger partial charge in [-0.2, -0.15) is 0 Å². The molecular weight excluding hydrogens is 438 g/mol. The monoisotopic (exact) mass is 471 g/mol. The van der Waals surface area contributed by atoms with Crippen LogP contribution in [0.1, 0.15) is 50.8 Å². The highest BCUT2D eigenvalue weighted by molar-refractivity contribution is 7.17. The van der Waals surface area contributed by atoms with Gasteiger partial charge in [0.2, 0.25) is 0 Å². The second-order valence-corrected chi connectivity index (χ2v) is 10.5. The molecule has 0 radical (unpaired) electrons. The molecule has 3 heterocycles. The predicted molar refractivity (Wildman–Crippen MR) is 133 cm³/mol. The van der Waals surface area contributed by atoms with Crippen LogP contribution >= 0.6 is 11.3 Å². The topological polar surface area (TPSA) is 74.5 Å². The summed E-state index contributed by atoms with van der Waals surface area (Å²) in [6, 6.07) is 7.79. The van der Waals surface area contributed by atoms with Gasteiger partial charge < -0.3 is 14.8 Å². The number of rotatable bonds is 6. The van der Waals surface area contributed by atoms with Crippen molar-refractivity contribution in [1.82, 2.24) is 14.5 Å². The van der Waals surface area contributed by atoms with Crippen LogP contribution in [0.3, 0.4) is 0 Å². The molecule has 1 saturated heterocycles. The zero-order valence-electron chi connectivity index (χ0n) is 20.0. The Labute approximate surface area is 198 Å². The highest BCUT2D eigenvalue weighted by atomic mass is 32.1. The normalized spacial score (nSPS) is 16.3. The van der Waals surface area contributed by atoms with Crippen LogP contribution in [-0.4, -0.2) is 35.4 Å². The Kier molecular flexibility index (Phi) is 6.79. The fraction of sp³-hybridized carbons (Fsp3) is 0.520. The third-order valence-corrected chi connectivity index (χ3v) is 7.31. The standard InChI is InChI=1S/C25H33N3O4S/c1-16-15-33-23-21(16)22(29)28(25(2,3)4)24(30)27(23)14-20(32-17-10-12-26-13-11-17)18-8-6-7-9-19(18)31-5/h6-9,15,17,20,26H,10-14H2,1-5H3. The highest BCUT2D eigenvalue weighted by Gasteiger charge is 2.28. The maximum Gasteiger partial charge on any atom is 0.332 e. The van der Waals surface area contributed by atoms with Gasteiger partial charge in [-0.05, 0) is 70.6 Å². The molecule has 1 atom stereocenters. The summed E-state index contributed by atoms with van der Waals surface area (Å²) in [4.78, 5) is 27.7. The third kappa shape index (κ3) is 4.65. The van der Waals surface area contributed by atoms with Gasteiger partial charge in [-0.25, -0.2) is 4.79 Å². The maximum absolute atomic E-state index is 13.7. The number of methoxy groups -OCH3 is 1. The molecule has 0 bridgehead atoms. The summed E-state index contributed by atoms with van der Waals surface area (Å²) in [6.07, 6.45) is 1.52. The van der Waals surface area contributed by atoms with Gasteiger partial charge in [-0.15, -0.1) is 11.3 Å². The Morgan fingerprint density at radius 1 is 1.18 bits per heavy atom. The van der Waals surface area contributed by atoms with E-state index in [0.717, 1.165) is 42.8 Å². The van der Waals surface area contributed by atoms with Crippen LogP contribution in [0.4, 0.5) is 0 Å². The maximum atomic E-state index is 13.7. The zero-order valence-corrected chi connectivity index (χ0v) is 20.8. The lowest BCUT2D eigenvalue weighted by atomic mass is 10.1. The number of fused-ring (bicyclic) bond motifs is 1. The molecule has 4 rings (SSSR count). The SMILES string of the molecule is COc1ccccc1C(Cn1c(=O)n(C(C)(C)C)c(=O)c2c(C)csc21)OC1CCNCC1. The Hall–Kier alpha value is -2.42. The van der Waals surface area contributed by atoms with Crippen molar-refractivity contribution in [2.75, 3.05) is 20.2 Å². The summed E-state index contributed by atoms with van der Waals surface area (Å²) < 4.78 is 15.4. The molecular formula is C25H33N3O4S. The van der Waals surface area contributed by atoms with E-state index in [1.807, 2.05) is 57.3 Å². The van der Waals surface area contributed by atoms with Crippen molar-refractivity contribution in [3.05, 3.63) is 61.6 Å². The second kappa shape index (κ2) is 9.44. The van der Waals surface area contributed by atoms with Gasteiger partial charge in [0, 0.05) is 11.1 Å². The molecule has 1 fully saturated rings. The molecule has 1 N–H and O–H groups in total. The molecule has 0 spiro atoms. The van der Waals surface area contributed by atoms with Crippen molar-refractivity contribution >= 4 is 21.6 Å². The molecule has 7 nitrogen and oxygen atoms in total. The van der Waals surface area contributed by atoms with E-state index < -0.39 is 11.6 Å². The number of para-hydroxylation sites is 1. The average Bonchev–Trinajstić information content (AvgIpc) is 3.17. The zero-order chi connectivity index (χ0) is 23.8. The lowest BCUT2D eigenvalue weighted by molar-refractivity contribution is -0.0369. The number of hydrogen-bond acceptors (Lipinski definition) is 6. The Bertz CT molecular complexity index is 1250. The van der Waals surface area contributed by atoms with E-state index in [2.05, 4.69) is 5.32 Å². The minimum absolute atomic E-state index is 0.0888. The number of nitrogens with one attached hydrogen (secondary N) is 1. The van der Waals surface area contributed by atoms with Gasteiger partial charge in [0.25, 0.3) is 5.56 Å². The van der Waals surface area contributed by atoms with Gasteiger partial charge in [0.1, 0.15) is 16.7 Å². The van der Waals surface area contributed by atoms with Crippen molar-refractivity contribution in [3.63, 3.8) is 0 Å². The van der Waals surface area contributed by atoms with Crippen molar-refractivity contribution in [2.24, 2.45) is 0 Å². The van der Waals surface area contributed by atoms with Gasteiger partial charge in [-0.3, -0.25) is 13.9 Å². The van der Waals surface area contributed by atoms with Crippen molar-refractivity contribution in [1.29, 1.82) is 0 Å². The van der Waals surface area contributed by atoms with E-state index in [4.69, 9.17) is 9.47 Å². The van der Waals surface area contributed by atoms with Crippen molar-refractivity contribution < 1.29 is 9.47 Å². The molecule has 8 heteroatoms. The van der Waals surface area contributed by atoms with E-state index in [9.17, 15) is 9.59 Å². The summed E-state index contributed by atoms with van der Waals surface area (Å²) in [5.74, 6) is 0.729. The third-order valence-electron chi connectivity index (χ3n) is 6.19. The number of ether oxygens (including phenoxy) is 2. The first-order valence-corrected chi connectivity index (χ1v) is 12.3. The number of aryl methyl sites for hydroxylation is 1. The summed E-state index contributed by atoms with van der Waals surface area (Å²) in [7, 11) is 1.65. The average molecular weight is 472 g/mol. The number of aromatic nitrogens is 2. The molecule has 178 valence electrons. The molecule has 0 amide bonds. The first kappa shape index (κ1) is 23.7. The fourth-order valence-corrected chi connectivity index (χ4v) is 5.58. The van der Waals surface area contributed by atoms with E-state index in [1.165, 1.54) is 15.9 Å². The van der Waals surface area contributed by atoms with Crippen LogP contribution in [-0.2, 0) is 16.8 Å². The number of hydrogen-bond donors (Lipinski definition) is 1. The molecule has 33 heavy (non-hydrogen) atoms. The summed E-state index contributed by atoms with van der Waals surface area (Å²) in [6.45, 7) is 9.70. The summed E-state index contributed by atoms with van der Waals surface area (Å²) in [5, 5.41) is 5.92. The van der Waals surface area contributed by atoms with Gasteiger partial charge in [0.05, 0.1) is 25.1 Å². The van der Waals surface area contributed by atoms with Gasteiger partial charge >= 0.3 is 5.69 Å². The molecule has 3 aromatic rings. The molecule has 1 unspecified atom stereocenters. The lowest BCUT2D eigenvalue weighted by Gasteiger charge is -2.30. The van der Waals surface area contributed by atoms with Crippen molar-refractivity contribution in [2.45, 2.75) is 64.8 Å². The van der Waals surface area contributed by atoms with Crippen LogP contribution < -0.4 is 21.3 Å². The minimum atomic E-state index is -0.645. The minimum Gasteiger partial charge on any atom is -0.496 e. The highest BCUT2D eigenvalue weighted by Crippen LogP contribution is 2.32. The first-order valence-electron chi connectivity index (χ1n) is 11.5. The summed E-state index contributed by atoms with van der Waals surface area (Å²) in [5.41, 5.74) is 0.607. The quantitative estimate of drug-likeness (QED) is 0.592. The second-order valence-electron chi connectivity index (χ2n) is 9.62. The van der Waals surface area contributed by atoms with E-state index >= 15 is 0 Å². The molecule has 1 aliphatic rings. The van der Waals surface area contributed by atoms with Gasteiger partial charge in [0.15, 0.2) is 0 Å². The van der Waals surface area contributed by atoms with Crippen LogP contribution in [0.2, 0.25) is 0 Å². The van der Waals surface area contributed by atoms with Crippen LogP contribution in [0.25, 0.3) is 10.2 Å². The van der Waals surface area contributed by atoms with E-state index in [-0.39, 0.29) is 17.4 Å². The largest absolute Gasteiger partial charge is 0.496 e.